The number of hydrogen-bond donors (Lipinski definition) is 0. The van der Waals surface area contributed by atoms with Crippen LogP contribution in [0.2, 0.25) is 0 Å². The Hall–Kier alpha value is -0.260. The highest BCUT2D eigenvalue weighted by Crippen LogP contribution is 2.53. The Morgan fingerprint density at radius 1 is 1.45 bits per heavy atom. The molecule has 64 valence electrons. The predicted molar refractivity (Wildman–Crippen MR) is 50.5 cm³/mol. The van der Waals surface area contributed by atoms with Crippen LogP contribution >= 0.6 is 0 Å². The summed E-state index contributed by atoms with van der Waals surface area (Å²) in [6.45, 7) is 10.9. The van der Waals surface area contributed by atoms with E-state index in [2.05, 4.69) is 33.4 Å². The molecule has 0 N–H and O–H groups in total. The summed E-state index contributed by atoms with van der Waals surface area (Å²) in [6.07, 6.45) is 6.31. The highest BCUT2D eigenvalue weighted by atomic mass is 14.5. The molecule has 0 aromatic heterocycles. The maximum atomic E-state index is 3.92. The van der Waals surface area contributed by atoms with Gasteiger partial charge in [0.05, 0.1) is 0 Å². The Labute approximate surface area is 70.7 Å². The lowest BCUT2D eigenvalue weighted by Gasteiger charge is -2.21. The molecule has 1 saturated carbocycles. The lowest BCUT2D eigenvalue weighted by atomic mass is 9.84. The molecule has 1 aliphatic carbocycles. The van der Waals surface area contributed by atoms with Crippen molar-refractivity contribution < 1.29 is 0 Å². The van der Waals surface area contributed by atoms with E-state index in [1.54, 1.807) is 0 Å². The van der Waals surface area contributed by atoms with Crippen LogP contribution < -0.4 is 0 Å². The molecule has 0 radical (unpaired) electrons. The zero-order chi connectivity index (χ0) is 8.48. The zero-order valence-electron chi connectivity index (χ0n) is 8.06. The molecule has 0 heterocycles. The van der Waals surface area contributed by atoms with Gasteiger partial charge in [0.2, 0.25) is 0 Å². The van der Waals surface area contributed by atoms with Gasteiger partial charge in [-0.2, -0.15) is 0 Å². The first kappa shape index (κ1) is 8.83. The van der Waals surface area contributed by atoms with E-state index in [1.165, 1.54) is 19.3 Å². The standard InChI is InChI=1S/C11H20/c1-5-10(8-9(2)3)11(4)6-7-11/h5,9-10H,1,6-8H2,2-4H3. The first-order valence-electron chi connectivity index (χ1n) is 4.71. The minimum Gasteiger partial charge on any atom is -0.103 e. The van der Waals surface area contributed by atoms with Crippen LogP contribution in [-0.4, -0.2) is 0 Å². The minimum absolute atomic E-state index is 0.631. The highest BCUT2D eigenvalue weighted by molar-refractivity contribution is 5.01. The Balaban J connectivity index is 2.43. The third-order valence-corrected chi connectivity index (χ3v) is 2.94. The molecule has 0 saturated heterocycles. The smallest absolute Gasteiger partial charge is 0.0180 e. The Bertz CT molecular complexity index is 140. The molecule has 0 spiro atoms. The first-order valence-corrected chi connectivity index (χ1v) is 4.71. The molecule has 1 unspecified atom stereocenters. The zero-order valence-corrected chi connectivity index (χ0v) is 8.06. The van der Waals surface area contributed by atoms with Crippen molar-refractivity contribution in [2.45, 2.75) is 40.0 Å². The summed E-state index contributed by atoms with van der Waals surface area (Å²) >= 11 is 0. The van der Waals surface area contributed by atoms with Crippen LogP contribution in [0.5, 0.6) is 0 Å². The van der Waals surface area contributed by atoms with Gasteiger partial charge in [-0.1, -0.05) is 26.8 Å². The predicted octanol–water partition coefficient (Wildman–Crippen LogP) is 3.63. The Morgan fingerprint density at radius 2 is 2.00 bits per heavy atom. The molecule has 0 nitrogen and oxygen atoms in total. The topological polar surface area (TPSA) is 0 Å². The fourth-order valence-corrected chi connectivity index (χ4v) is 1.74. The van der Waals surface area contributed by atoms with Crippen molar-refractivity contribution >= 4 is 0 Å². The molecule has 1 fully saturated rings. The average molecular weight is 152 g/mol. The summed E-state index contributed by atoms with van der Waals surface area (Å²) in [4.78, 5) is 0. The first-order chi connectivity index (χ1) is 5.08. The van der Waals surface area contributed by atoms with Gasteiger partial charge in [0.15, 0.2) is 0 Å². The van der Waals surface area contributed by atoms with Crippen LogP contribution in [0.3, 0.4) is 0 Å². The fraction of sp³-hybridized carbons (Fsp3) is 0.818. The molecular weight excluding hydrogens is 132 g/mol. The molecule has 0 aromatic rings. The van der Waals surface area contributed by atoms with Gasteiger partial charge in [0.25, 0.3) is 0 Å². The van der Waals surface area contributed by atoms with Crippen molar-refractivity contribution in [2.75, 3.05) is 0 Å². The van der Waals surface area contributed by atoms with E-state index < -0.39 is 0 Å². The van der Waals surface area contributed by atoms with Crippen molar-refractivity contribution in [1.29, 1.82) is 0 Å². The van der Waals surface area contributed by atoms with Crippen LogP contribution in [-0.2, 0) is 0 Å². The second-order valence-electron chi connectivity index (χ2n) is 4.63. The van der Waals surface area contributed by atoms with Gasteiger partial charge in [0.1, 0.15) is 0 Å². The second kappa shape index (κ2) is 3.00. The van der Waals surface area contributed by atoms with E-state index in [-0.39, 0.29) is 0 Å². The molecule has 0 aromatic carbocycles. The maximum absolute atomic E-state index is 3.92. The van der Waals surface area contributed by atoms with Crippen molar-refractivity contribution in [1.82, 2.24) is 0 Å². The normalized spacial score (nSPS) is 23.3. The second-order valence-corrected chi connectivity index (χ2v) is 4.63. The summed E-state index contributed by atoms with van der Waals surface area (Å²) in [5.41, 5.74) is 0.631. The molecule has 0 bridgehead atoms. The highest BCUT2D eigenvalue weighted by Gasteiger charge is 2.42. The van der Waals surface area contributed by atoms with Crippen LogP contribution in [0, 0.1) is 17.3 Å². The summed E-state index contributed by atoms with van der Waals surface area (Å²) in [5.74, 6) is 1.58. The summed E-state index contributed by atoms with van der Waals surface area (Å²) < 4.78 is 0. The van der Waals surface area contributed by atoms with Gasteiger partial charge in [-0.05, 0) is 36.5 Å². The summed E-state index contributed by atoms with van der Waals surface area (Å²) in [6, 6.07) is 0. The Kier molecular flexibility index (Phi) is 2.41. The van der Waals surface area contributed by atoms with Crippen molar-refractivity contribution in [3.8, 4) is 0 Å². The third kappa shape index (κ3) is 2.08. The molecule has 1 atom stereocenters. The monoisotopic (exact) mass is 152 g/mol. The largest absolute Gasteiger partial charge is 0.103 e. The SMILES string of the molecule is C=CC(CC(C)C)C1(C)CC1. The molecule has 11 heavy (non-hydrogen) atoms. The van der Waals surface area contributed by atoms with E-state index in [0.717, 1.165) is 11.8 Å². The minimum atomic E-state index is 0.631. The molecular formula is C11H20. The number of rotatable bonds is 4. The van der Waals surface area contributed by atoms with E-state index in [0.29, 0.717) is 5.41 Å². The van der Waals surface area contributed by atoms with E-state index in [1.807, 2.05) is 0 Å². The summed E-state index contributed by atoms with van der Waals surface area (Å²) in [7, 11) is 0. The fourth-order valence-electron chi connectivity index (χ4n) is 1.74. The third-order valence-electron chi connectivity index (χ3n) is 2.94. The molecule has 0 aliphatic heterocycles. The van der Waals surface area contributed by atoms with Crippen LogP contribution in [0.1, 0.15) is 40.0 Å². The molecule has 0 heteroatoms. The van der Waals surface area contributed by atoms with Gasteiger partial charge < -0.3 is 0 Å². The van der Waals surface area contributed by atoms with Crippen LogP contribution in [0.25, 0.3) is 0 Å². The van der Waals surface area contributed by atoms with Crippen molar-refractivity contribution in [3.05, 3.63) is 12.7 Å². The average Bonchev–Trinajstić information content (AvgIpc) is 2.63. The van der Waals surface area contributed by atoms with Gasteiger partial charge in [-0.3, -0.25) is 0 Å². The van der Waals surface area contributed by atoms with Gasteiger partial charge >= 0.3 is 0 Å². The van der Waals surface area contributed by atoms with E-state index >= 15 is 0 Å². The van der Waals surface area contributed by atoms with Gasteiger partial charge in [-0.25, -0.2) is 0 Å². The molecule has 0 amide bonds. The van der Waals surface area contributed by atoms with E-state index in [9.17, 15) is 0 Å². The maximum Gasteiger partial charge on any atom is -0.0180 e. The van der Waals surface area contributed by atoms with Gasteiger partial charge in [0, 0.05) is 0 Å². The van der Waals surface area contributed by atoms with Gasteiger partial charge in [-0.15, -0.1) is 6.58 Å². The van der Waals surface area contributed by atoms with E-state index in [4.69, 9.17) is 0 Å². The van der Waals surface area contributed by atoms with Crippen LogP contribution in [0.15, 0.2) is 12.7 Å². The molecule has 1 rings (SSSR count). The van der Waals surface area contributed by atoms with Crippen molar-refractivity contribution in [2.24, 2.45) is 17.3 Å². The number of hydrogen-bond acceptors (Lipinski definition) is 0. The quantitative estimate of drug-likeness (QED) is 0.539. The summed E-state index contributed by atoms with van der Waals surface area (Å²) in [5, 5.41) is 0. The lowest BCUT2D eigenvalue weighted by Crippen LogP contribution is -2.12. The van der Waals surface area contributed by atoms with Crippen LogP contribution in [0.4, 0.5) is 0 Å². The van der Waals surface area contributed by atoms with Crippen molar-refractivity contribution in [3.63, 3.8) is 0 Å². The number of allylic oxidation sites excluding steroid dienone is 1. The molecule has 1 aliphatic rings. The Morgan fingerprint density at radius 3 is 2.27 bits per heavy atom. The lowest BCUT2D eigenvalue weighted by molar-refractivity contribution is 0.340.